The molecule has 2 heterocycles. The number of halogens is 1. The van der Waals surface area contributed by atoms with Crippen molar-refractivity contribution in [2.45, 2.75) is 20.3 Å². The number of nitrogens with zero attached hydrogens (tertiary/aromatic N) is 2. The van der Waals surface area contributed by atoms with Crippen molar-refractivity contribution in [1.82, 2.24) is 15.0 Å². The molecule has 0 spiro atoms. The number of pyridine rings is 1. The van der Waals surface area contributed by atoms with Crippen molar-refractivity contribution in [2.75, 3.05) is 14.2 Å². The number of aryl methyl sites for hydroxylation is 2. The minimum atomic E-state index is -0.268. The van der Waals surface area contributed by atoms with E-state index in [2.05, 4.69) is 15.0 Å². The largest absolute Gasteiger partial charge is 0.493 e. The molecule has 0 unspecified atom stereocenters. The molecule has 0 fully saturated rings. The molecule has 0 amide bonds. The van der Waals surface area contributed by atoms with Gasteiger partial charge in [0, 0.05) is 24.2 Å². The van der Waals surface area contributed by atoms with Gasteiger partial charge in [0.25, 0.3) is 5.56 Å². The zero-order chi connectivity index (χ0) is 22.1. The van der Waals surface area contributed by atoms with Crippen LogP contribution in [0.15, 0.2) is 47.4 Å². The normalized spacial score (nSPS) is 11.0. The summed E-state index contributed by atoms with van der Waals surface area (Å²) in [5.41, 5.74) is 3.69. The predicted octanol–water partition coefficient (Wildman–Crippen LogP) is 4.35. The van der Waals surface area contributed by atoms with Crippen molar-refractivity contribution in [3.63, 3.8) is 0 Å². The van der Waals surface area contributed by atoms with E-state index in [1.807, 2.05) is 13.0 Å². The summed E-state index contributed by atoms with van der Waals surface area (Å²) >= 11 is 0. The first kappa shape index (κ1) is 20.5. The Balaban J connectivity index is 1.66. The third-order valence-corrected chi connectivity index (χ3v) is 5.13. The average molecular weight is 419 g/mol. The first-order valence-corrected chi connectivity index (χ1v) is 9.76. The number of aromatic nitrogens is 3. The minimum absolute atomic E-state index is 0.261. The van der Waals surface area contributed by atoms with Gasteiger partial charge in [-0.2, -0.15) is 0 Å². The highest BCUT2D eigenvalue weighted by atomic mass is 19.1. The zero-order valence-electron chi connectivity index (χ0n) is 17.7. The maximum Gasteiger partial charge on any atom is 0.258 e. The third kappa shape index (κ3) is 3.99. The Morgan fingerprint density at radius 1 is 1.03 bits per heavy atom. The molecular weight excluding hydrogens is 397 g/mol. The maximum absolute atomic E-state index is 14.5. The molecule has 31 heavy (non-hydrogen) atoms. The smallest absolute Gasteiger partial charge is 0.258 e. The van der Waals surface area contributed by atoms with Crippen molar-refractivity contribution >= 4 is 10.9 Å². The Morgan fingerprint density at radius 2 is 1.77 bits per heavy atom. The number of hydrogen-bond acceptors (Lipinski definition) is 5. The number of nitrogens with one attached hydrogen (secondary N) is 1. The Bertz CT molecular complexity index is 1330. The van der Waals surface area contributed by atoms with E-state index < -0.39 is 0 Å². The van der Waals surface area contributed by atoms with Gasteiger partial charge in [0.15, 0.2) is 11.5 Å². The van der Waals surface area contributed by atoms with Crippen LogP contribution in [-0.2, 0) is 6.42 Å². The van der Waals surface area contributed by atoms with Crippen LogP contribution in [0.25, 0.3) is 22.2 Å². The molecule has 0 atom stereocenters. The molecule has 0 radical (unpaired) electrons. The summed E-state index contributed by atoms with van der Waals surface area (Å²) in [6.07, 6.45) is 2.05. The van der Waals surface area contributed by atoms with E-state index in [9.17, 15) is 9.18 Å². The monoisotopic (exact) mass is 419 g/mol. The summed E-state index contributed by atoms with van der Waals surface area (Å²) in [7, 11) is 3.05. The average Bonchev–Trinajstić information content (AvgIpc) is 2.76. The molecule has 4 rings (SSSR count). The molecule has 6 nitrogen and oxygen atoms in total. The number of hydrogen-bond donors (Lipinski definition) is 1. The number of methoxy groups -OCH3 is 2. The Labute approximate surface area is 178 Å². The van der Waals surface area contributed by atoms with Crippen LogP contribution in [0.3, 0.4) is 0 Å². The van der Waals surface area contributed by atoms with Gasteiger partial charge in [0.2, 0.25) is 0 Å². The van der Waals surface area contributed by atoms with E-state index in [-0.39, 0.29) is 11.4 Å². The van der Waals surface area contributed by atoms with Crippen LogP contribution in [0.4, 0.5) is 4.39 Å². The predicted molar refractivity (Wildman–Crippen MR) is 117 cm³/mol. The highest BCUT2D eigenvalue weighted by Gasteiger charge is 2.13. The van der Waals surface area contributed by atoms with Crippen molar-refractivity contribution in [3.8, 4) is 22.8 Å². The lowest BCUT2D eigenvalue weighted by Crippen LogP contribution is -2.12. The van der Waals surface area contributed by atoms with Gasteiger partial charge in [-0.3, -0.25) is 9.78 Å². The Kier molecular flexibility index (Phi) is 5.42. The fourth-order valence-corrected chi connectivity index (χ4v) is 3.62. The molecule has 0 aliphatic rings. The summed E-state index contributed by atoms with van der Waals surface area (Å²) in [5, 5.41) is 0.417. The van der Waals surface area contributed by atoms with E-state index in [1.54, 1.807) is 43.5 Å². The fraction of sp³-hybridized carbons (Fsp3) is 0.208. The van der Waals surface area contributed by atoms with Crippen LogP contribution in [0.2, 0.25) is 0 Å². The van der Waals surface area contributed by atoms with Gasteiger partial charge in [-0.15, -0.1) is 0 Å². The number of fused-ring (bicyclic) bond motifs is 1. The third-order valence-electron chi connectivity index (χ3n) is 5.13. The lowest BCUT2D eigenvalue weighted by Gasteiger charge is -2.10. The lowest BCUT2D eigenvalue weighted by molar-refractivity contribution is 0.355. The van der Waals surface area contributed by atoms with Gasteiger partial charge in [0.05, 0.1) is 30.8 Å². The molecule has 0 aliphatic carbocycles. The first-order valence-electron chi connectivity index (χ1n) is 9.76. The molecule has 158 valence electrons. The van der Waals surface area contributed by atoms with Crippen LogP contribution in [0.5, 0.6) is 11.5 Å². The fourth-order valence-electron chi connectivity index (χ4n) is 3.62. The molecule has 4 aromatic rings. The molecule has 1 N–H and O–H groups in total. The van der Waals surface area contributed by atoms with Crippen LogP contribution < -0.4 is 15.0 Å². The number of benzene rings is 2. The summed E-state index contributed by atoms with van der Waals surface area (Å²) in [6, 6.07) is 10.5. The minimum Gasteiger partial charge on any atom is -0.493 e. The van der Waals surface area contributed by atoms with E-state index in [1.165, 1.54) is 14.2 Å². The summed E-state index contributed by atoms with van der Waals surface area (Å²) in [6.45, 7) is 3.67. The van der Waals surface area contributed by atoms with Crippen LogP contribution >= 0.6 is 0 Å². The maximum atomic E-state index is 14.5. The van der Waals surface area contributed by atoms with Crippen LogP contribution in [0.1, 0.15) is 22.5 Å². The second-order valence-corrected chi connectivity index (χ2v) is 7.41. The lowest BCUT2D eigenvalue weighted by atomic mass is 10.0. The quantitative estimate of drug-likeness (QED) is 0.520. The second-order valence-electron chi connectivity index (χ2n) is 7.41. The first-order chi connectivity index (χ1) is 14.9. The molecule has 2 aromatic heterocycles. The highest BCUT2D eigenvalue weighted by Crippen LogP contribution is 2.30. The SMILES string of the molecule is COc1cc2nc(Cc3ccc(-c4cc(C)cc(C)c4F)nc3)[nH]c(=O)c2cc1OC. The number of rotatable bonds is 5. The van der Waals surface area contributed by atoms with E-state index in [4.69, 9.17) is 9.47 Å². The zero-order valence-corrected chi connectivity index (χ0v) is 17.7. The number of aromatic amines is 1. The summed E-state index contributed by atoms with van der Waals surface area (Å²) in [5.74, 6) is 1.20. The highest BCUT2D eigenvalue weighted by molar-refractivity contribution is 5.81. The topological polar surface area (TPSA) is 77.1 Å². The van der Waals surface area contributed by atoms with Crippen molar-refractivity contribution in [1.29, 1.82) is 0 Å². The number of H-pyrrole nitrogens is 1. The molecule has 0 aliphatic heterocycles. The molecule has 0 saturated carbocycles. The summed E-state index contributed by atoms with van der Waals surface area (Å²) < 4.78 is 25.1. The molecule has 7 heteroatoms. The van der Waals surface area contributed by atoms with Crippen molar-refractivity contribution in [3.05, 3.63) is 81.3 Å². The summed E-state index contributed by atoms with van der Waals surface area (Å²) in [4.78, 5) is 24.3. The number of ether oxygens (including phenoxy) is 2. The molecule has 0 bridgehead atoms. The molecule has 2 aromatic carbocycles. The standard InChI is InChI=1S/C24H22FN3O3/c1-13-7-14(2)23(25)16(8-13)18-6-5-15(12-26-18)9-22-27-19-11-21(31-4)20(30-3)10-17(19)24(29)28-22/h5-8,10-12H,9H2,1-4H3,(H,27,28,29). The van der Waals surface area contributed by atoms with Crippen molar-refractivity contribution < 1.29 is 13.9 Å². The van der Waals surface area contributed by atoms with Gasteiger partial charge in [-0.25, -0.2) is 9.37 Å². The van der Waals surface area contributed by atoms with Crippen molar-refractivity contribution in [2.24, 2.45) is 0 Å². The molecular formula is C24H22FN3O3. The second kappa shape index (κ2) is 8.18. The Hall–Kier alpha value is -3.74. The van der Waals surface area contributed by atoms with E-state index in [0.717, 1.165) is 11.1 Å². The van der Waals surface area contributed by atoms with E-state index in [0.29, 0.717) is 51.5 Å². The van der Waals surface area contributed by atoms with E-state index >= 15 is 0 Å². The van der Waals surface area contributed by atoms with Gasteiger partial charge in [-0.05, 0) is 48.7 Å². The molecule has 0 saturated heterocycles. The van der Waals surface area contributed by atoms with Gasteiger partial charge in [0.1, 0.15) is 11.6 Å². The van der Waals surface area contributed by atoms with Crippen LogP contribution in [0, 0.1) is 19.7 Å². The van der Waals surface area contributed by atoms with Gasteiger partial charge >= 0.3 is 0 Å². The van der Waals surface area contributed by atoms with Gasteiger partial charge < -0.3 is 14.5 Å². The van der Waals surface area contributed by atoms with Gasteiger partial charge in [-0.1, -0.05) is 12.1 Å². The van der Waals surface area contributed by atoms with Crippen LogP contribution in [-0.4, -0.2) is 29.2 Å². The Morgan fingerprint density at radius 3 is 2.45 bits per heavy atom.